The van der Waals surface area contributed by atoms with E-state index in [0.717, 1.165) is 21.1 Å². The predicted molar refractivity (Wildman–Crippen MR) is 131 cm³/mol. The van der Waals surface area contributed by atoms with E-state index in [0.29, 0.717) is 11.6 Å². The van der Waals surface area contributed by atoms with Gasteiger partial charge in [0.25, 0.3) is 0 Å². The molecule has 2 aromatic rings. The summed E-state index contributed by atoms with van der Waals surface area (Å²) < 4.78 is 70.0. The predicted octanol–water partition coefficient (Wildman–Crippen LogP) is 5.47. The summed E-state index contributed by atoms with van der Waals surface area (Å²) in [4.78, 5) is 0. The van der Waals surface area contributed by atoms with Gasteiger partial charge in [-0.2, -0.15) is 31.0 Å². The number of alkyl halides is 3. The second kappa shape index (κ2) is 10.3. The lowest BCUT2D eigenvalue weighted by atomic mass is 9.91. The highest BCUT2D eigenvalue weighted by molar-refractivity contribution is 7.87. The molecule has 2 aliphatic rings. The van der Waals surface area contributed by atoms with Crippen LogP contribution in [0.4, 0.5) is 13.2 Å². The van der Waals surface area contributed by atoms with Crippen LogP contribution in [-0.4, -0.2) is 55.1 Å². The average Bonchev–Trinajstić information content (AvgIpc) is 3.28. The minimum absolute atomic E-state index is 0.126. The van der Waals surface area contributed by atoms with E-state index in [9.17, 15) is 21.6 Å². The van der Waals surface area contributed by atoms with E-state index < -0.39 is 22.3 Å². The maximum Gasteiger partial charge on any atom is 0.391 e. The lowest BCUT2D eigenvalue weighted by Gasteiger charge is -2.31. The summed E-state index contributed by atoms with van der Waals surface area (Å²) in [6.45, 7) is 1.75. The number of rotatable bonds is 5. The van der Waals surface area contributed by atoms with E-state index in [-0.39, 0.29) is 44.1 Å². The first-order valence-electron chi connectivity index (χ1n) is 11.4. The molecule has 0 N–H and O–H groups in total. The van der Waals surface area contributed by atoms with Gasteiger partial charge in [0.2, 0.25) is 0 Å². The zero-order valence-corrected chi connectivity index (χ0v) is 20.7. The molecular weight excluding hydrogens is 501 g/mol. The fourth-order valence-corrected chi connectivity index (χ4v) is 5.79. The van der Waals surface area contributed by atoms with Gasteiger partial charge in [-0.15, -0.1) is 4.40 Å². The molecule has 188 valence electrons. The lowest BCUT2D eigenvalue weighted by molar-refractivity contribution is -0.182. The van der Waals surface area contributed by atoms with Crippen LogP contribution in [0.15, 0.2) is 64.1 Å². The van der Waals surface area contributed by atoms with E-state index in [1.54, 1.807) is 24.1 Å². The van der Waals surface area contributed by atoms with Gasteiger partial charge in [0.05, 0.1) is 18.2 Å². The number of benzene rings is 2. The molecule has 0 saturated carbocycles. The molecule has 0 aromatic heterocycles. The first-order valence-corrected chi connectivity index (χ1v) is 13.2. The Bertz CT molecular complexity index is 1190. The van der Waals surface area contributed by atoms with E-state index in [1.807, 2.05) is 42.5 Å². The van der Waals surface area contributed by atoms with Crippen LogP contribution >= 0.6 is 11.6 Å². The molecule has 0 amide bonds. The Balaban J connectivity index is 1.61. The van der Waals surface area contributed by atoms with Crippen molar-refractivity contribution in [3.63, 3.8) is 0 Å². The van der Waals surface area contributed by atoms with Gasteiger partial charge in [0, 0.05) is 30.5 Å². The number of hydrogen-bond acceptors (Lipinski definition) is 3. The zero-order chi connectivity index (χ0) is 25.2. The molecule has 2 aromatic carbocycles. The molecule has 0 radical (unpaired) electrons. The Morgan fingerprint density at radius 2 is 1.71 bits per heavy atom. The van der Waals surface area contributed by atoms with Gasteiger partial charge in [0.1, 0.15) is 5.84 Å². The summed E-state index contributed by atoms with van der Waals surface area (Å²) in [5.74, 6) is -1.37. The molecule has 4 rings (SSSR count). The highest BCUT2D eigenvalue weighted by atomic mass is 35.5. The Labute approximate surface area is 208 Å². The van der Waals surface area contributed by atoms with Crippen molar-refractivity contribution in [2.75, 3.05) is 19.6 Å². The molecule has 2 heterocycles. The maximum atomic E-state index is 13.0. The van der Waals surface area contributed by atoms with Crippen molar-refractivity contribution in [3.8, 4) is 0 Å². The summed E-state index contributed by atoms with van der Waals surface area (Å²) in [6, 6.07) is 17.0. The van der Waals surface area contributed by atoms with Crippen molar-refractivity contribution in [3.05, 3.63) is 70.7 Å². The second-order valence-corrected chi connectivity index (χ2v) is 10.6. The molecule has 0 bridgehead atoms. The lowest BCUT2D eigenvalue weighted by Crippen LogP contribution is -2.42. The first-order chi connectivity index (χ1) is 16.6. The summed E-state index contributed by atoms with van der Waals surface area (Å²) >= 11 is 6.05. The van der Waals surface area contributed by atoms with Gasteiger partial charge in [0.15, 0.2) is 0 Å². The van der Waals surface area contributed by atoms with Crippen molar-refractivity contribution in [2.24, 2.45) is 15.4 Å². The van der Waals surface area contributed by atoms with Crippen molar-refractivity contribution < 1.29 is 21.6 Å². The Morgan fingerprint density at radius 1 is 1.09 bits per heavy atom. The fraction of sp³-hybridized carbons (Fsp3) is 0.417. The van der Waals surface area contributed by atoms with Gasteiger partial charge in [-0.05, 0) is 36.1 Å². The quantitative estimate of drug-likeness (QED) is 0.383. The summed E-state index contributed by atoms with van der Waals surface area (Å²) in [6.07, 6.45) is -4.56. The minimum Gasteiger partial charge on any atom is -0.249 e. The number of halogens is 4. The standard InChI is InChI=1S/C24H26ClF3N4O2S/c1-2-22(30-35(33,34)31-14-12-19(13-15-31)24(26,27)28)32-16-21(17-6-4-3-5-7-17)23(29-32)18-8-10-20(25)11-9-18/h3-11,19,21H,2,12-16H2,1H3. The molecule has 0 aliphatic carbocycles. The third-order valence-electron chi connectivity index (χ3n) is 6.33. The zero-order valence-electron chi connectivity index (χ0n) is 19.1. The third kappa shape index (κ3) is 5.87. The normalized spacial score (nSPS) is 20.8. The molecule has 11 heteroatoms. The summed E-state index contributed by atoms with van der Waals surface area (Å²) in [5.41, 5.74) is 2.65. The van der Waals surface area contributed by atoms with Crippen molar-refractivity contribution in [1.29, 1.82) is 0 Å². The molecular formula is C24H26ClF3N4O2S. The molecule has 35 heavy (non-hydrogen) atoms. The van der Waals surface area contributed by atoms with Crippen LogP contribution in [0.3, 0.4) is 0 Å². The smallest absolute Gasteiger partial charge is 0.249 e. The van der Waals surface area contributed by atoms with Crippen molar-refractivity contribution in [2.45, 2.75) is 38.3 Å². The minimum atomic E-state index is -4.32. The number of amidine groups is 1. The largest absolute Gasteiger partial charge is 0.391 e. The van der Waals surface area contributed by atoms with Gasteiger partial charge in [-0.1, -0.05) is 61.0 Å². The molecule has 1 atom stereocenters. The van der Waals surface area contributed by atoms with E-state index in [1.165, 1.54) is 0 Å². The molecule has 6 nitrogen and oxygen atoms in total. The van der Waals surface area contributed by atoms with Gasteiger partial charge in [-0.3, -0.25) is 0 Å². The van der Waals surface area contributed by atoms with Crippen LogP contribution in [0.5, 0.6) is 0 Å². The molecule has 1 saturated heterocycles. The van der Waals surface area contributed by atoms with Crippen LogP contribution in [-0.2, 0) is 10.2 Å². The Hall–Kier alpha value is -2.43. The summed E-state index contributed by atoms with van der Waals surface area (Å²) in [7, 11) is -4.15. The number of piperidine rings is 1. The highest BCUT2D eigenvalue weighted by Crippen LogP contribution is 2.35. The van der Waals surface area contributed by atoms with E-state index in [4.69, 9.17) is 16.7 Å². The van der Waals surface area contributed by atoms with Gasteiger partial charge >= 0.3 is 16.4 Å². The van der Waals surface area contributed by atoms with Crippen molar-refractivity contribution in [1.82, 2.24) is 9.31 Å². The number of hydrogen-bond donors (Lipinski definition) is 0. The van der Waals surface area contributed by atoms with E-state index in [2.05, 4.69) is 4.40 Å². The number of hydrazone groups is 1. The summed E-state index contributed by atoms with van der Waals surface area (Å²) in [5, 5.41) is 6.91. The molecule has 2 aliphatic heterocycles. The second-order valence-electron chi connectivity index (χ2n) is 8.59. The van der Waals surface area contributed by atoms with E-state index >= 15 is 0 Å². The van der Waals surface area contributed by atoms with Crippen LogP contribution in [0.1, 0.15) is 43.2 Å². The molecule has 0 spiro atoms. The molecule has 1 unspecified atom stereocenters. The maximum absolute atomic E-state index is 13.0. The van der Waals surface area contributed by atoms with Crippen LogP contribution < -0.4 is 0 Å². The molecule has 1 fully saturated rings. The highest BCUT2D eigenvalue weighted by Gasteiger charge is 2.43. The average molecular weight is 527 g/mol. The van der Waals surface area contributed by atoms with Gasteiger partial charge in [-0.25, -0.2) is 5.01 Å². The van der Waals surface area contributed by atoms with Crippen LogP contribution in [0.2, 0.25) is 5.02 Å². The SMILES string of the molecule is CCC(=NS(=O)(=O)N1CCC(C(F)(F)F)CC1)N1CC(c2ccccc2)C(c2ccc(Cl)cc2)=N1. The first kappa shape index (κ1) is 25.7. The Kier molecular flexibility index (Phi) is 7.54. The van der Waals surface area contributed by atoms with Crippen LogP contribution in [0, 0.1) is 5.92 Å². The van der Waals surface area contributed by atoms with Crippen LogP contribution in [0.25, 0.3) is 0 Å². The number of nitrogens with zero attached hydrogens (tertiary/aromatic N) is 4. The fourth-order valence-electron chi connectivity index (χ4n) is 4.39. The Morgan fingerprint density at radius 3 is 2.29 bits per heavy atom. The topological polar surface area (TPSA) is 65.3 Å². The monoisotopic (exact) mass is 526 g/mol. The third-order valence-corrected chi connectivity index (χ3v) is 8.05. The van der Waals surface area contributed by atoms with Crippen molar-refractivity contribution >= 4 is 33.4 Å². The van der Waals surface area contributed by atoms with Gasteiger partial charge < -0.3 is 0 Å².